The van der Waals surface area contributed by atoms with Gasteiger partial charge in [-0.1, -0.05) is 84.2 Å². The van der Waals surface area contributed by atoms with Crippen molar-refractivity contribution < 1.29 is 0 Å². The van der Waals surface area contributed by atoms with E-state index in [2.05, 4.69) is 78.1 Å². The molecule has 0 N–H and O–H groups in total. The van der Waals surface area contributed by atoms with Crippen LogP contribution in [0.1, 0.15) is 57.6 Å². The SMILES string of the molecule is C=C/C=C(\C(=C)C(C)C)C(C)c1ccccc1C(C)C. The van der Waals surface area contributed by atoms with Gasteiger partial charge in [0.15, 0.2) is 0 Å². The number of benzene rings is 1. The van der Waals surface area contributed by atoms with Gasteiger partial charge in [0.05, 0.1) is 0 Å². The Hall–Kier alpha value is -1.56. The monoisotopic (exact) mass is 268 g/mol. The highest BCUT2D eigenvalue weighted by molar-refractivity contribution is 5.45. The lowest BCUT2D eigenvalue weighted by molar-refractivity contribution is 0.738. The largest absolute Gasteiger partial charge is 0.0991 e. The van der Waals surface area contributed by atoms with Gasteiger partial charge < -0.3 is 0 Å². The molecule has 0 aliphatic heterocycles. The third-order valence-electron chi connectivity index (χ3n) is 3.92. The minimum atomic E-state index is 0.349. The summed E-state index contributed by atoms with van der Waals surface area (Å²) < 4.78 is 0. The standard InChI is InChI=1S/C20H28/c1-8-11-19(16(6)14(2)3)17(7)20-13-10-9-12-18(20)15(4)5/h8-15,17H,1,6H2,2-5,7H3/b19-11+. The lowest BCUT2D eigenvalue weighted by Gasteiger charge is -2.24. The Bertz CT molecular complexity index is 501. The summed E-state index contributed by atoms with van der Waals surface area (Å²) in [5.74, 6) is 1.34. The second-order valence-electron chi connectivity index (χ2n) is 6.04. The Balaban J connectivity index is 3.27. The topological polar surface area (TPSA) is 0 Å². The summed E-state index contributed by atoms with van der Waals surface area (Å²) in [7, 11) is 0. The van der Waals surface area contributed by atoms with Crippen LogP contribution in [0.4, 0.5) is 0 Å². The molecule has 0 saturated carbocycles. The van der Waals surface area contributed by atoms with Crippen LogP contribution in [0.25, 0.3) is 0 Å². The molecule has 0 bridgehead atoms. The van der Waals surface area contributed by atoms with Gasteiger partial charge in [0, 0.05) is 5.92 Å². The van der Waals surface area contributed by atoms with Crippen LogP contribution in [0.3, 0.4) is 0 Å². The van der Waals surface area contributed by atoms with Crippen LogP contribution in [0, 0.1) is 5.92 Å². The van der Waals surface area contributed by atoms with Gasteiger partial charge in [-0.3, -0.25) is 0 Å². The van der Waals surface area contributed by atoms with Crippen LogP contribution in [-0.4, -0.2) is 0 Å². The molecule has 1 rings (SSSR count). The van der Waals surface area contributed by atoms with Crippen LogP contribution in [-0.2, 0) is 0 Å². The Morgan fingerprint density at radius 2 is 1.55 bits per heavy atom. The van der Waals surface area contributed by atoms with Crippen LogP contribution in [0.15, 0.2) is 60.7 Å². The summed E-state index contributed by atoms with van der Waals surface area (Å²) >= 11 is 0. The van der Waals surface area contributed by atoms with E-state index in [1.807, 2.05) is 6.08 Å². The summed E-state index contributed by atoms with van der Waals surface area (Å²) in [5, 5.41) is 0. The number of rotatable bonds is 6. The van der Waals surface area contributed by atoms with E-state index in [-0.39, 0.29) is 0 Å². The van der Waals surface area contributed by atoms with Crippen molar-refractivity contribution in [3.05, 3.63) is 71.8 Å². The molecule has 1 unspecified atom stereocenters. The summed E-state index contributed by atoms with van der Waals surface area (Å²) in [5.41, 5.74) is 5.32. The fraction of sp³-hybridized carbons (Fsp3) is 0.400. The molecule has 0 saturated heterocycles. The molecule has 0 fully saturated rings. The van der Waals surface area contributed by atoms with Gasteiger partial charge in [-0.15, -0.1) is 0 Å². The van der Waals surface area contributed by atoms with Crippen molar-refractivity contribution in [3.8, 4) is 0 Å². The van der Waals surface area contributed by atoms with E-state index < -0.39 is 0 Å². The maximum Gasteiger partial charge on any atom is 0.00664 e. The zero-order chi connectivity index (χ0) is 15.3. The fourth-order valence-electron chi connectivity index (χ4n) is 2.59. The van der Waals surface area contributed by atoms with Crippen molar-refractivity contribution >= 4 is 0 Å². The van der Waals surface area contributed by atoms with Crippen LogP contribution in [0.2, 0.25) is 0 Å². The van der Waals surface area contributed by atoms with Crippen LogP contribution >= 0.6 is 0 Å². The summed E-state index contributed by atoms with van der Waals surface area (Å²) in [6, 6.07) is 8.73. The first-order chi connectivity index (χ1) is 9.40. The molecule has 1 aromatic rings. The molecule has 0 spiro atoms. The highest BCUT2D eigenvalue weighted by Gasteiger charge is 2.19. The highest BCUT2D eigenvalue weighted by atomic mass is 14.2. The smallest absolute Gasteiger partial charge is 0.00664 e. The maximum absolute atomic E-state index is 4.28. The molecule has 0 heterocycles. The summed E-state index contributed by atoms with van der Waals surface area (Å²) in [4.78, 5) is 0. The average molecular weight is 268 g/mol. The Labute approximate surface area is 124 Å². The van der Waals surface area contributed by atoms with Gasteiger partial charge in [-0.2, -0.15) is 0 Å². The minimum Gasteiger partial charge on any atom is -0.0991 e. The molecule has 0 heteroatoms. The average Bonchev–Trinajstić information content (AvgIpc) is 2.43. The van der Waals surface area contributed by atoms with E-state index in [0.717, 1.165) is 0 Å². The zero-order valence-corrected chi connectivity index (χ0v) is 13.6. The maximum atomic E-state index is 4.28. The van der Waals surface area contributed by atoms with Crippen molar-refractivity contribution in [2.45, 2.75) is 46.5 Å². The van der Waals surface area contributed by atoms with E-state index >= 15 is 0 Å². The van der Waals surface area contributed by atoms with E-state index in [1.54, 1.807) is 0 Å². The third-order valence-corrected chi connectivity index (χ3v) is 3.92. The fourth-order valence-corrected chi connectivity index (χ4v) is 2.59. The first kappa shape index (κ1) is 16.5. The van der Waals surface area contributed by atoms with Crippen LogP contribution < -0.4 is 0 Å². The summed E-state index contributed by atoms with van der Waals surface area (Å²) in [6.07, 6.45) is 3.99. The van der Waals surface area contributed by atoms with E-state index in [0.29, 0.717) is 17.8 Å². The quantitative estimate of drug-likeness (QED) is 0.536. The molecule has 108 valence electrons. The zero-order valence-electron chi connectivity index (χ0n) is 13.6. The Morgan fingerprint density at radius 3 is 2.00 bits per heavy atom. The molecule has 0 radical (unpaired) electrons. The second kappa shape index (κ2) is 7.28. The Morgan fingerprint density at radius 1 is 1.00 bits per heavy atom. The first-order valence-electron chi connectivity index (χ1n) is 7.50. The van der Waals surface area contributed by atoms with Crippen molar-refractivity contribution in [1.29, 1.82) is 0 Å². The highest BCUT2D eigenvalue weighted by Crippen LogP contribution is 2.35. The molecule has 0 aliphatic rings. The van der Waals surface area contributed by atoms with E-state index in [9.17, 15) is 0 Å². The minimum absolute atomic E-state index is 0.349. The Kier molecular flexibility index (Phi) is 6.01. The molecular weight excluding hydrogens is 240 g/mol. The normalized spacial score (nSPS) is 13.7. The van der Waals surface area contributed by atoms with Gasteiger partial charge in [0.1, 0.15) is 0 Å². The van der Waals surface area contributed by atoms with E-state index in [4.69, 9.17) is 0 Å². The van der Waals surface area contributed by atoms with Gasteiger partial charge in [0.25, 0.3) is 0 Å². The summed E-state index contributed by atoms with van der Waals surface area (Å²) in [6.45, 7) is 19.3. The van der Waals surface area contributed by atoms with Crippen molar-refractivity contribution in [2.24, 2.45) is 5.92 Å². The predicted molar refractivity (Wildman–Crippen MR) is 91.2 cm³/mol. The third kappa shape index (κ3) is 3.72. The molecule has 0 aliphatic carbocycles. The number of allylic oxidation sites excluding steroid dienone is 4. The van der Waals surface area contributed by atoms with Gasteiger partial charge >= 0.3 is 0 Å². The first-order valence-corrected chi connectivity index (χ1v) is 7.50. The van der Waals surface area contributed by atoms with Gasteiger partial charge in [-0.05, 0) is 34.1 Å². The lowest BCUT2D eigenvalue weighted by atomic mass is 9.80. The lowest BCUT2D eigenvalue weighted by Crippen LogP contribution is -2.08. The van der Waals surface area contributed by atoms with Crippen molar-refractivity contribution in [2.75, 3.05) is 0 Å². The van der Waals surface area contributed by atoms with Crippen molar-refractivity contribution in [1.82, 2.24) is 0 Å². The molecule has 1 atom stereocenters. The molecule has 0 nitrogen and oxygen atoms in total. The molecule has 20 heavy (non-hydrogen) atoms. The van der Waals surface area contributed by atoms with Crippen LogP contribution in [0.5, 0.6) is 0 Å². The number of hydrogen-bond donors (Lipinski definition) is 0. The van der Waals surface area contributed by atoms with E-state index in [1.165, 1.54) is 22.3 Å². The second-order valence-corrected chi connectivity index (χ2v) is 6.04. The van der Waals surface area contributed by atoms with Crippen molar-refractivity contribution in [3.63, 3.8) is 0 Å². The molecular formula is C20H28. The van der Waals surface area contributed by atoms with Gasteiger partial charge in [-0.25, -0.2) is 0 Å². The molecule has 0 amide bonds. The van der Waals surface area contributed by atoms with Gasteiger partial charge in [0.2, 0.25) is 0 Å². The molecule has 1 aromatic carbocycles. The predicted octanol–water partition coefficient (Wildman–Crippen LogP) is 6.24. The molecule has 0 aromatic heterocycles. The number of hydrogen-bond acceptors (Lipinski definition) is 0.